The fourth-order valence-electron chi connectivity index (χ4n) is 0.886. The average molecular weight is 229 g/mol. The van der Waals surface area contributed by atoms with Gasteiger partial charge in [0.1, 0.15) is 6.61 Å². The molecule has 16 heavy (non-hydrogen) atoms. The monoisotopic (exact) mass is 229 g/mol. The molecule has 0 unspecified atom stereocenters. The fraction of sp³-hybridized carbons (Fsp3) is 0.636. The number of carbonyl (C=O) groups excluding carboxylic acids is 1. The summed E-state index contributed by atoms with van der Waals surface area (Å²) in [5, 5.41) is 8.89. The SMILES string of the molecule is C=CCOC(=O)N(C)CCC(C)(C)C(=O)O. The average Bonchev–Trinajstić information content (AvgIpc) is 2.22. The molecule has 0 aromatic carbocycles. The Morgan fingerprint density at radius 2 is 2.06 bits per heavy atom. The molecule has 5 nitrogen and oxygen atoms in total. The maximum Gasteiger partial charge on any atom is 0.409 e. The van der Waals surface area contributed by atoms with Crippen molar-refractivity contribution in [2.24, 2.45) is 5.41 Å². The van der Waals surface area contributed by atoms with Gasteiger partial charge < -0.3 is 14.7 Å². The predicted octanol–water partition coefficient (Wildman–Crippen LogP) is 1.74. The Labute approximate surface area is 95.7 Å². The van der Waals surface area contributed by atoms with Crippen molar-refractivity contribution in [1.82, 2.24) is 4.90 Å². The lowest BCUT2D eigenvalue weighted by Gasteiger charge is -2.23. The zero-order valence-corrected chi connectivity index (χ0v) is 10.0. The first-order valence-electron chi connectivity index (χ1n) is 5.03. The molecule has 0 aliphatic rings. The summed E-state index contributed by atoms with van der Waals surface area (Å²) in [5.41, 5.74) is -0.840. The molecule has 92 valence electrons. The molecule has 0 atom stereocenters. The van der Waals surface area contributed by atoms with E-state index in [0.717, 1.165) is 0 Å². The van der Waals surface area contributed by atoms with Gasteiger partial charge in [-0.05, 0) is 20.3 Å². The van der Waals surface area contributed by atoms with Crippen LogP contribution < -0.4 is 0 Å². The van der Waals surface area contributed by atoms with Crippen LogP contribution in [0, 0.1) is 5.41 Å². The maximum absolute atomic E-state index is 11.3. The Balaban J connectivity index is 4.06. The molecule has 0 aromatic heterocycles. The van der Waals surface area contributed by atoms with Crippen molar-refractivity contribution in [3.63, 3.8) is 0 Å². The van der Waals surface area contributed by atoms with Crippen molar-refractivity contribution in [3.05, 3.63) is 12.7 Å². The first kappa shape index (κ1) is 14.5. The van der Waals surface area contributed by atoms with E-state index in [4.69, 9.17) is 9.84 Å². The smallest absolute Gasteiger partial charge is 0.409 e. The van der Waals surface area contributed by atoms with E-state index in [-0.39, 0.29) is 6.61 Å². The first-order valence-corrected chi connectivity index (χ1v) is 5.03. The van der Waals surface area contributed by atoms with Crippen LogP contribution in [0.5, 0.6) is 0 Å². The van der Waals surface area contributed by atoms with E-state index in [1.165, 1.54) is 11.0 Å². The van der Waals surface area contributed by atoms with E-state index in [2.05, 4.69) is 6.58 Å². The normalized spacial score (nSPS) is 10.7. The van der Waals surface area contributed by atoms with Gasteiger partial charge in [0, 0.05) is 13.6 Å². The number of hydrogen-bond donors (Lipinski definition) is 1. The van der Waals surface area contributed by atoms with Gasteiger partial charge in [-0.15, -0.1) is 0 Å². The molecule has 0 aromatic rings. The lowest BCUT2D eigenvalue weighted by atomic mass is 9.89. The van der Waals surface area contributed by atoms with E-state index < -0.39 is 17.5 Å². The molecule has 0 heterocycles. The Kier molecular flexibility index (Phi) is 5.56. The van der Waals surface area contributed by atoms with Crippen molar-refractivity contribution in [2.75, 3.05) is 20.2 Å². The van der Waals surface area contributed by atoms with Crippen LogP contribution in [0.4, 0.5) is 4.79 Å². The molecule has 0 saturated heterocycles. The highest BCUT2D eigenvalue weighted by Gasteiger charge is 2.27. The minimum atomic E-state index is -0.875. The zero-order valence-electron chi connectivity index (χ0n) is 10.0. The molecular formula is C11H19NO4. The lowest BCUT2D eigenvalue weighted by molar-refractivity contribution is -0.147. The quantitative estimate of drug-likeness (QED) is 0.704. The molecule has 1 N–H and O–H groups in total. The number of carbonyl (C=O) groups is 2. The molecule has 0 radical (unpaired) electrons. The Bertz CT molecular complexity index is 273. The third kappa shape index (κ3) is 4.82. The molecular weight excluding hydrogens is 210 g/mol. The lowest BCUT2D eigenvalue weighted by Crippen LogP contribution is -2.33. The molecule has 0 spiro atoms. The number of rotatable bonds is 6. The fourth-order valence-corrected chi connectivity index (χ4v) is 0.886. The predicted molar refractivity (Wildman–Crippen MR) is 60.2 cm³/mol. The second kappa shape index (κ2) is 6.15. The highest BCUT2D eigenvalue weighted by Crippen LogP contribution is 2.20. The summed E-state index contributed by atoms with van der Waals surface area (Å²) in [6, 6.07) is 0. The second-order valence-corrected chi connectivity index (χ2v) is 4.23. The van der Waals surface area contributed by atoms with Crippen LogP contribution in [0.3, 0.4) is 0 Å². The summed E-state index contributed by atoms with van der Waals surface area (Å²) >= 11 is 0. The number of carboxylic acid groups (broad SMARTS) is 1. The Morgan fingerprint density at radius 3 is 2.50 bits per heavy atom. The van der Waals surface area contributed by atoms with Crippen molar-refractivity contribution in [2.45, 2.75) is 20.3 Å². The summed E-state index contributed by atoms with van der Waals surface area (Å²) < 4.78 is 4.80. The van der Waals surface area contributed by atoms with Crippen LogP contribution in [0.2, 0.25) is 0 Å². The van der Waals surface area contributed by atoms with Crippen molar-refractivity contribution in [1.29, 1.82) is 0 Å². The van der Waals surface area contributed by atoms with Crippen molar-refractivity contribution in [3.8, 4) is 0 Å². The number of aliphatic carboxylic acids is 1. The molecule has 0 rings (SSSR count). The number of hydrogen-bond acceptors (Lipinski definition) is 3. The summed E-state index contributed by atoms with van der Waals surface area (Å²) in [7, 11) is 1.57. The van der Waals surface area contributed by atoms with E-state index in [1.54, 1.807) is 20.9 Å². The molecule has 0 saturated carbocycles. The van der Waals surface area contributed by atoms with Crippen LogP contribution in [0.15, 0.2) is 12.7 Å². The first-order chi connectivity index (χ1) is 7.31. The number of carboxylic acids is 1. The second-order valence-electron chi connectivity index (χ2n) is 4.23. The van der Waals surface area contributed by atoms with Crippen LogP contribution in [-0.4, -0.2) is 42.3 Å². The van der Waals surface area contributed by atoms with E-state index in [0.29, 0.717) is 13.0 Å². The van der Waals surface area contributed by atoms with Gasteiger partial charge in [0.25, 0.3) is 0 Å². The highest BCUT2D eigenvalue weighted by atomic mass is 16.6. The molecule has 0 aliphatic carbocycles. The van der Waals surface area contributed by atoms with Gasteiger partial charge in [0.15, 0.2) is 0 Å². The molecule has 0 bridgehead atoms. The van der Waals surface area contributed by atoms with E-state index >= 15 is 0 Å². The number of ether oxygens (including phenoxy) is 1. The van der Waals surface area contributed by atoms with Gasteiger partial charge in [-0.25, -0.2) is 4.79 Å². The maximum atomic E-state index is 11.3. The Morgan fingerprint density at radius 1 is 1.50 bits per heavy atom. The van der Waals surface area contributed by atoms with Crippen LogP contribution >= 0.6 is 0 Å². The molecule has 5 heteroatoms. The molecule has 0 fully saturated rings. The summed E-state index contributed by atoms with van der Waals surface area (Å²) in [5.74, 6) is -0.875. The summed E-state index contributed by atoms with van der Waals surface area (Å²) in [6.45, 7) is 7.17. The van der Waals surface area contributed by atoms with E-state index in [1.807, 2.05) is 0 Å². The van der Waals surface area contributed by atoms with Crippen LogP contribution in [0.1, 0.15) is 20.3 Å². The van der Waals surface area contributed by atoms with Crippen molar-refractivity contribution >= 4 is 12.1 Å². The van der Waals surface area contributed by atoms with Gasteiger partial charge >= 0.3 is 12.1 Å². The standard InChI is InChI=1S/C11H19NO4/c1-5-8-16-10(15)12(4)7-6-11(2,3)9(13)14/h5H,1,6-8H2,2-4H3,(H,13,14). The molecule has 0 aliphatic heterocycles. The van der Waals surface area contributed by atoms with Gasteiger partial charge in [0.2, 0.25) is 0 Å². The van der Waals surface area contributed by atoms with Gasteiger partial charge in [0.05, 0.1) is 5.41 Å². The summed E-state index contributed by atoms with van der Waals surface area (Å²) in [4.78, 5) is 23.5. The van der Waals surface area contributed by atoms with Gasteiger partial charge in [-0.1, -0.05) is 12.7 Å². The number of nitrogens with zero attached hydrogens (tertiary/aromatic N) is 1. The summed E-state index contributed by atoms with van der Waals surface area (Å²) in [6.07, 6.45) is 1.38. The Hall–Kier alpha value is -1.52. The van der Waals surface area contributed by atoms with Gasteiger partial charge in [-0.2, -0.15) is 0 Å². The largest absolute Gasteiger partial charge is 0.481 e. The topological polar surface area (TPSA) is 66.8 Å². The van der Waals surface area contributed by atoms with Crippen LogP contribution in [0.25, 0.3) is 0 Å². The third-order valence-corrected chi connectivity index (χ3v) is 2.29. The van der Waals surface area contributed by atoms with Gasteiger partial charge in [-0.3, -0.25) is 4.79 Å². The van der Waals surface area contributed by atoms with E-state index in [9.17, 15) is 9.59 Å². The third-order valence-electron chi connectivity index (χ3n) is 2.29. The van der Waals surface area contributed by atoms with Crippen molar-refractivity contribution < 1.29 is 19.4 Å². The zero-order chi connectivity index (χ0) is 12.8. The minimum absolute atomic E-state index is 0.158. The molecule has 1 amide bonds. The number of amides is 1. The highest BCUT2D eigenvalue weighted by molar-refractivity contribution is 5.73. The van der Waals surface area contributed by atoms with Crippen LogP contribution in [-0.2, 0) is 9.53 Å². The minimum Gasteiger partial charge on any atom is -0.481 e.